The summed E-state index contributed by atoms with van der Waals surface area (Å²) in [4.78, 5) is 19.9. The van der Waals surface area contributed by atoms with E-state index in [4.69, 9.17) is 9.26 Å². The van der Waals surface area contributed by atoms with Crippen LogP contribution in [0.4, 0.5) is 0 Å². The average molecular weight is 413 g/mol. The highest BCUT2D eigenvalue weighted by Gasteiger charge is 2.29. The third kappa shape index (κ3) is 3.77. The Morgan fingerprint density at radius 3 is 2.84 bits per heavy atom. The van der Waals surface area contributed by atoms with Gasteiger partial charge in [0.2, 0.25) is 11.7 Å². The first-order valence-electron chi connectivity index (χ1n) is 10.5. The number of nitrogens with zero attached hydrogens (tertiary/aromatic N) is 3. The second-order valence-electron chi connectivity index (χ2n) is 7.81. The lowest BCUT2D eigenvalue weighted by Gasteiger charge is -2.31. The Balaban J connectivity index is 1.37. The van der Waals surface area contributed by atoms with Crippen LogP contribution in [0.15, 0.2) is 71.3 Å². The maximum absolute atomic E-state index is 13.3. The number of likely N-dealkylation sites (tertiary alicyclic amines) is 1. The van der Waals surface area contributed by atoms with E-state index in [-0.39, 0.29) is 11.8 Å². The van der Waals surface area contributed by atoms with Crippen molar-refractivity contribution < 1.29 is 14.1 Å². The molecule has 1 amide bonds. The van der Waals surface area contributed by atoms with Crippen molar-refractivity contribution in [3.05, 3.63) is 78.2 Å². The van der Waals surface area contributed by atoms with Crippen molar-refractivity contribution in [1.82, 2.24) is 15.0 Å². The second-order valence-corrected chi connectivity index (χ2v) is 7.81. The normalized spacial score (nSPS) is 16.4. The van der Waals surface area contributed by atoms with Crippen LogP contribution in [0, 0.1) is 0 Å². The van der Waals surface area contributed by atoms with Gasteiger partial charge in [0.25, 0.3) is 5.91 Å². The number of rotatable bonds is 4. The summed E-state index contributed by atoms with van der Waals surface area (Å²) in [6.07, 6.45) is 1.82. The average Bonchev–Trinajstić information content (AvgIpc) is 3.34. The number of fused-ring (bicyclic) bond motifs is 1. The molecule has 1 atom stereocenters. The fourth-order valence-corrected chi connectivity index (χ4v) is 4.23. The van der Waals surface area contributed by atoms with Crippen LogP contribution < -0.4 is 4.74 Å². The van der Waals surface area contributed by atoms with Gasteiger partial charge in [-0.25, -0.2) is 0 Å². The molecule has 1 aromatic heterocycles. The number of hydrogen-bond acceptors (Lipinski definition) is 5. The van der Waals surface area contributed by atoms with E-state index in [1.165, 1.54) is 0 Å². The van der Waals surface area contributed by atoms with Crippen LogP contribution in [-0.2, 0) is 0 Å². The van der Waals surface area contributed by atoms with Crippen molar-refractivity contribution in [2.75, 3.05) is 20.2 Å². The molecule has 3 aromatic carbocycles. The Morgan fingerprint density at radius 1 is 1.10 bits per heavy atom. The van der Waals surface area contributed by atoms with E-state index in [1.54, 1.807) is 7.11 Å². The standard InChI is InChI=1S/C25H23N3O3/c1-30-20-11-4-9-18(15-20)23-26-24(31-27-23)19-10-6-14-28(16-19)25(29)22-13-5-8-17-7-2-3-12-21(17)22/h2-5,7-9,11-13,15,19H,6,10,14,16H2,1H3. The molecule has 1 aliphatic rings. The monoisotopic (exact) mass is 413 g/mol. The molecule has 0 radical (unpaired) electrons. The Bertz CT molecular complexity index is 1230. The number of benzene rings is 3. The van der Waals surface area contributed by atoms with Crippen LogP contribution in [0.1, 0.15) is 35.0 Å². The number of methoxy groups -OCH3 is 1. The lowest BCUT2D eigenvalue weighted by Crippen LogP contribution is -2.39. The van der Waals surface area contributed by atoms with Gasteiger partial charge in [0.15, 0.2) is 0 Å². The highest BCUT2D eigenvalue weighted by atomic mass is 16.5. The first kappa shape index (κ1) is 19.3. The van der Waals surface area contributed by atoms with Gasteiger partial charge >= 0.3 is 0 Å². The summed E-state index contributed by atoms with van der Waals surface area (Å²) in [6, 6.07) is 21.4. The summed E-state index contributed by atoms with van der Waals surface area (Å²) in [5, 5.41) is 6.21. The summed E-state index contributed by atoms with van der Waals surface area (Å²) in [5.74, 6) is 1.93. The smallest absolute Gasteiger partial charge is 0.254 e. The lowest BCUT2D eigenvalue weighted by atomic mass is 9.96. The number of hydrogen-bond donors (Lipinski definition) is 0. The SMILES string of the molecule is COc1cccc(-c2noc(C3CCCN(C(=O)c4cccc5ccccc45)C3)n2)c1. The Hall–Kier alpha value is -3.67. The summed E-state index contributed by atoms with van der Waals surface area (Å²) in [5.41, 5.74) is 1.58. The quantitative estimate of drug-likeness (QED) is 0.475. The molecule has 1 saturated heterocycles. The molecule has 0 saturated carbocycles. The predicted octanol–water partition coefficient (Wildman–Crippen LogP) is 4.92. The molecular formula is C25H23N3O3. The molecule has 31 heavy (non-hydrogen) atoms. The summed E-state index contributed by atoms with van der Waals surface area (Å²) >= 11 is 0. The first-order valence-corrected chi connectivity index (χ1v) is 10.5. The molecule has 6 heteroatoms. The third-order valence-electron chi connectivity index (χ3n) is 5.85. The van der Waals surface area contributed by atoms with Crippen molar-refractivity contribution in [1.29, 1.82) is 0 Å². The van der Waals surface area contributed by atoms with Gasteiger partial charge < -0.3 is 14.2 Å². The molecule has 156 valence electrons. The van der Waals surface area contributed by atoms with Gasteiger partial charge in [-0.3, -0.25) is 4.79 Å². The Kier molecular flexibility index (Phi) is 5.12. The molecule has 0 bridgehead atoms. The van der Waals surface area contributed by atoms with Crippen LogP contribution in [0.5, 0.6) is 5.75 Å². The van der Waals surface area contributed by atoms with E-state index >= 15 is 0 Å². The molecule has 1 unspecified atom stereocenters. The molecule has 1 fully saturated rings. The highest BCUT2D eigenvalue weighted by molar-refractivity contribution is 6.07. The fraction of sp³-hybridized carbons (Fsp3) is 0.240. The van der Waals surface area contributed by atoms with Crippen molar-refractivity contribution in [3.63, 3.8) is 0 Å². The number of piperidine rings is 1. The number of ether oxygens (including phenoxy) is 1. The summed E-state index contributed by atoms with van der Waals surface area (Å²) in [6.45, 7) is 1.30. The molecule has 0 N–H and O–H groups in total. The van der Waals surface area contributed by atoms with Crippen LogP contribution >= 0.6 is 0 Å². The topological polar surface area (TPSA) is 68.5 Å². The molecule has 0 aliphatic carbocycles. The van der Waals surface area contributed by atoms with Gasteiger partial charge in [0, 0.05) is 24.2 Å². The van der Waals surface area contributed by atoms with Crippen LogP contribution in [0.25, 0.3) is 22.2 Å². The first-order chi connectivity index (χ1) is 15.2. The molecule has 2 heterocycles. The molecule has 4 aromatic rings. The van der Waals surface area contributed by atoms with Gasteiger partial charge in [-0.05, 0) is 41.8 Å². The van der Waals surface area contributed by atoms with E-state index in [0.29, 0.717) is 18.3 Å². The minimum Gasteiger partial charge on any atom is -0.497 e. The van der Waals surface area contributed by atoms with E-state index in [2.05, 4.69) is 10.1 Å². The van der Waals surface area contributed by atoms with E-state index in [1.807, 2.05) is 71.6 Å². The van der Waals surface area contributed by atoms with Crippen molar-refractivity contribution in [2.24, 2.45) is 0 Å². The zero-order chi connectivity index (χ0) is 21.2. The maximum Gasteiger partial charge on any atom is 0.254 e. The van der Waals surface area contributed by atoms with Crippen LogP contribution in [-0.4, -0.2) is 41.1 Å². The van der Waals surface area contributed by atoms with Gasteiger partial charge in [-0.1, -0.05) is 53.7 Å². The van der Waals surface area contributed by atoms with E-state index < -0.39 is 0 Å². The Labute approximate surface area is 180 Å². The van der Waals surface area contributed by atoms with Crippen molar-refractivity contribution in [2.45, 2.75) is 18.8 Å². The number of aromatic nitrogens is 2. The fourth-order valence-electron chi connectivity index (χ4n) is 4.23. The molecular weight excluding hydrogens is 390 g/mol. The zero-order valence-corrected chi connectivity index (χ0v) is 17.3. The summed E-state index contributed by atoms with van der Waals surface area (Å²) < 4.78 is 10.9. The third-order valence-corrected chi connectivity index (χ3v) is 5.85. The van der Waals surface area contributed by atoms with Gasteiger partial charge in [0.1, 0.15) is 5.75 Å². The number of carbonyl (C=O) groups excluding carboxylic acids is 1. The zero-order valence-electron chi connectivity index (χ0n) is 17.3. The minimum atomic E-state index is 0.0273. The van der Waals surface area contributed by atoms with Crippen molar-refractivity contribution in [3.8, 4) is 17.1 Å². The number of carbonyl (C=O) groups is 1. The molecule has 1 aliphatic heterocycles. The second kappa shape index (κ2) is 8.22. The van der Waals surface area contributed by atoms with Gasteiger partial charge in [-0.15, -0.1) is 0 Å². The predicted molar refractivity (Wildman–Crippen MR) is 118 cm³/mol. The largest absolute Gasteiger partial charge is 0.497 e. The summed E-state index contributed by atoms with van der Waals surface area (Å²) in [7, 11) is 1.63. The molecule has 5 rings (SSSR count). The van der Waals surface area contributed by atoms with Gasteiger partial charge in [0.05, 0.1) is 13.0 Å². The lowest BCUT2D eigenvalue weighted by molar-refractivity contribution is 0.0697. The van der Waals surface area contributed by atoms with E-state index in [0.717, 1.165) is 47.0 Å². The van der Waals surface area contributed by atoms with Crippen LogP contribution in [0.3, 0.4) is 0 Å². The number of amides is 1. The maximum atomic E-state index is 13.3. The van der Waals surface area contributed by atoms with Crippen molar-refractivity contribution >= 4 is 16.7 Å². The minimum absolute atomic E-state index is 0.0273. The Morgan fingerprint density at radius 2 is 1.94 bits per heavy atom. The molecule has 0 spiro atoms. The van der Waals surface area contributed by atoms with Crippen LogP contribution in [0.2, 0.25) is 0 Å². The van der Waals surface area contributed by atoms with Gasteiger partial charge in [-0.2, -0.15) is 4.98 Å². The molecule has 6 nitrogen and oxygen atoms in total. The van der Waals surface area contributed by atoms with E-state index in [9.17, 15) is 4.79 Å². The highest BCUT2D eigenvalue weighted by Crippen LogP contribution is 2.30.